The van der Waals surface area contributed by atoms with Crippen LogP contribution in [0.1, 0.15) is 24.0 Å². The highest BCUT2D eigenvalue weighted by Gasteiger charge is 2.38. The lowest BCUT2D eigenvalue weighted by molar-refractivity contribution is -0.142. The Morgan fingerprint density at radius 2 is 2.38 bits per heavy atom. The van der Waals surface area contributed by atoms with Gasteiger partial charge in [0.1, 0.15) is 5.82 Å². The number of methoxy groups -OCH3 is 1. The zero-order chi connectivity index (χ0) is 11.8. The number of fused-ring (bicyclic) bond motifs is 1. The van der Waals surface area contributed by atoms with Crippen LogP contribution in [-0.2, 0) is 21.5 Å². The molecule has 1 atom stereocenters. The van der Waals surface area contributed by atoms with Crippen LogP contribution in [0.4, 0.5) is 4.39 Å². The average molecular weight is 223 g/mol. The second-order valence-electron chi connectivity index (χ2n) is 4.17. The van der Waals surface area contributed by atoms with Gasteiger partial charge in [-0.3, -0.25) is 4.79 Å². The van der Waals surface area contributed by atoms with Gasteiger partial charge in [-0.15, -0.1) is 0 Å². The van der Waals surface area contributed by atoms with Gasteiger partial charge >= 0.3 is 5.97 Å². The van der Waals surface area contributed by atoms with E-state index < -0.39 is 5.54 Å². The standard InChI is InChI=1S/C12H14FNO2/c1-16-11(15)7-12(14)6-5-8-9(12)3-2-4-10(8)13/h2-4H,5-7,14H2,1H3. The van der Waals surface area contributed by atoms with Crippen LogP contribution in [0.15, 0.2) is 18.2 Å². The first-order chi connectivity index (χ1) is 7.57. The maximum absolute atomic E-state index is 13.5. The van der Waals surface area contributed by atoms with Crippen molar-refractivity contribution in [2.24, 2.45) is 5.73 Å². The molecule has 2 rings (SSSR count). The van der Waals surface area contributed by atoms with E-state index in [2.05, 4.69) is 4.74 Å². The molecule has 2 N–H and O–H groups in total. The van der Waals surface area contributed by atoms with Gasteiger partial charge in [-0.2, -0.15) is 0 Å². The minimum absolute atomic E-state index is 0.0972. The summed E-state index contributed by atoms with van der Waals surface area (Å²) in [5.41, 5.74) is 6.74. The molecule has 16 heavy (non-hydrogen) atoms. The number of esters is 1. The first-order valence-electron chi connectivity index (χ1n) is 5.20. The molecule has 0 bridgehead atoms. The lowest BCUT2D eigenvalue weighted by atomic mass is 9.89. The third-order valence-electron chi connectivity index (χ3n) is 3.16. The van der Waals surface area contributed by atoms with Crippen molar-refractivity contribution >= 4 is 5.97 Å². The number of carbonyl (C=O) groups is 1. The molecule has 0 spiro atoms. The third-order valence-corrected chi connectivity index (χ3v) is 3.16. The molecule has 0 radical (unpaired) electrons. The van der Waals surface area contributed by atoms with E-state index in [1.165, 1.54) is 13.2 Å². The van der Waals surface area contributed by atoms with Crippen molar-refractivity contribution in [1.29, 1.82) is 0 Å². The molecule has 1 unspecified atom stereocenters. The number of ether oxygens (including phenoxy) is 1. The quantitative estimate of drug-likeness (QED) is 0.773. The molecule has 1 aromatic rings. The lowest BCUT2D eigenvalue weighted by Gasteiger charge is -2.23. The van der Waals surface area contributed by atoms with Crippen LogP contribution in [0.25, 0.3) is 0 Å². The Labute approximate surface area is 93.4 Å². The van der Waals surface area contributed by atoms with Gasteiger partial charge in [-0.25, -0.2) is 4.39 Å². The minimum atomic E-state index is -0.773. The lowest BCUT2D eigenvalue weighted by Crippen LogP contribution is -2.37. The molecule has 0 saturated heterocycles. The summed E-state index contributed by atoms with van der Waals surface area (Å²) < 4.78 is 18.1. The van der Waals surface area contributed by atoms with Crippen LogP contribution in [-0.4, -0.2) is 13.1 Å². The van der Waals surface area contributed by atoms with E-state index >= 15 is 0 Å². The van der Waals surface area contributed by atoms with E-state index in [1.54, 1.807) is 12.1 Å². The molecule has 0 saturated carbocycles. The summed E-state index contributed by atoms with van der Waals surface area (Å²) >= 11 is 0. The second-order valence-corrected chi connectivity index (χ2v) is 4.17. The van der Waals surface area contributed by atoms with Gasteiger partial charge in [-0.05, 0) is 30.0 Å². The van der Waals surface area contributed by atoms with Gasteiger partial charge in [0.15, 0.2) is 0 Å². The van der Waals surface area contributed by atoms with Gasteiger partial charge in [0, 0.05) is 0 Å². The zero-order valence-corrected chi connectivity index (χ0v) is 9.13. The Morgan fingerprint density at radius 3 is 3.06 bits per heavy atom. The van der Waals surface area contributed by atoms with Crippen LogP contribution >= 0.6 is 0 Å². The number of rotatable bonds is 2. The Morgan fingerprint density at radius 1 is 1.62 bits per heavy atom. The highest BCUT2D eigenvalue weighted by atomic mass is 19.1. The van der Waals surface area contributed by atoms with E-state index in [4.69, 9.17) is 5.73 Å². The summed E-state index contributed by atoms with van der Waals surface area (Å²) in [6.45, 7) is 0. The first kappa shape index (κ1) is 11.1. The molecular weight excluding hydrogens is 209 g/mol. The summed E-state index contributed by atoms with van der Waals surface area (Å²) in [5.74, 6) is -0.602. The molecule has 1 aliphatic carbocycles. The molecular formula is C12H14FNO2. The number of hydrogen-bond donors (Lipinski definition) is 1. The number of nitrogens with two attached hydrogens (primary N) is 1. The molecule has 0 fully saturated rings. The number of halogens is 1. The zero-order valence-electron chi connectivity index (χ0n) is 9.13. The molecule has 1 aliphatic rings. The summed E-state index contributed by atoms with van der Waals surface area (Å²) in [7, 11) is 1.33. The van der Waals surface area contributed by atoms with Gasteiger partial charge < -0.3 is 10.5 Å². The number of hydrogen-bond acceptors (Lipinski definition) is 3. The van der Waals surface area contributed by atoms with E-state index in [-0.39, 0.29) is 18.2 Å². The Balaban J connectivity index is 2.35. The largest absolute Gasteiger partial charge is 0.469 e. The fourth-order valence-electron chi connectivity index (χ4n) is 2.28. The normalized spacial score (nSPS) is 22.9. The summed E-state index contributed by atoms with van der Waals surface area (Å²) in [6.07, 6.45) is 1.26. The molecule has 3 nitrogen and oxygen atoms in total. The van der Waals surface area contributed by atoms with E-state index in [0.29, 0.717) is 18.4 Å². The smallest absolute Gasteiger partial charge is 0.307 e. The van der Waals surface area contributed by atoms with Crippen LogP contribution in [0.5, 0.6) is 0 Å². The van der Waals surface area contributed by atoms with Crippen molar-refractivity contribution in [2.45, 2.75) is 24.8 Å². The molecule has 0 amide bonds. The summed E-state index contributed by atoms with van der Waals surface area (Å²) in [4.78, 5) is 11.3. The highest BCUT2D eigenvalue weighted by Crippen LogP contribution is 2.38. The van der Waals surface area contributed by atoms with Gasteiger partial charge in [0.05, 0.1) is 19.1 Å². The predicted molar refractivity (Wildman–Crippen MR) is 57.2 cm³/mol. The van der Waals surface area contributed by atoms with Crippen molar-refractivity contribution in [3.63, 3.8) is 0 Å². The average Bonchev–Trinajstić information content (AvgIpc) is 2.58. The minimum Gasteiger partial charge on any atom is -0.469 e. The van der Waals surface area contributed by atoms with Crippen LogP contribution in [0.3, 0.4) is 0 Å². The summed E-state index contributed by atoms with van der Waals surface area (Å²) in [5, 5.41) is 0. The van der Waals surface area contributed by atoms with Crippen molar-refractivity contribution in [3.05, 3.63) is 35.1 Å². The SMILES string of the molecule is COC(=O)CC1(N)CCc2c(F)cccc21. The predicted octanol–water partition coefficient (Wildman–Crippen LogP) is 1.49. The molecule has 4 heteroatoms. The maximum atomic E-state index is 13.5. The Bertz CT molecular complexity index is 433. The Hall–Kier alpha value is -1.42. The molecule has 86 valence electrons. The van der Waals surface area contributed by atoms with Crippen LogP contribution in [0, 0.1) is 5.82 Å². The van der Waals surface area contributed by atoms with Crippen molar-refractivity contribution in [3.8, 4) is 0 Å². The summed E-state index contributed by atoms with van der Waals surface area (Å²) in [6, 6.07) is 4.83. The fraction of sp³-hybridized carbons (Fsp3) is 0.417. The first-order valence-corrected chi connectivity index (χ1v) is 5.20. The van der Waals surface area contributed by atoms with Crippen molar-refractivity contribution in [2.75, 3.05) is 7.11 Å². The van der Waals surface area contributed by atoms with Crippen LogP contribution < -0.4 is 5.73 Å². The van der Waals surface area contributed by atoms with Gasteiger partial charge in [-0.1, -0.05) is 12.1 Å². The maximum Gasteiger partial charge on any atom is 0.307 e. The molecule has 1 aromatic carbocycles. The van der Waals surface area contributed by atoms with E-state index in [1.807, 2.05) is 0 Å². The molecule has 0 aromatic heterocycles. The number of benzene rings is 1. The van der Waals surface area contributed by atoms with Crippen molar-refractivity contribution in [1.82, 2.24) is 0 Å². The fourth-order valence-corrected chi connectivity index (χ4v) is 2.28. The van der Waals surface area contributed by atoms with Gasteiger partial charge in [0.25, 0.3) is 0 Å². The highest BCUT2D eigenvalue weighted by molar-refractivity contribution is 5.71. The Kier molecular flexibility index (Phi) is 2.68. The molecule has 0 heterocycles. The van der Waals surface area contributed by atoms with Gasteiger partial charge in [0.2, 0.25) is 0 Å². The topological polar surface area (TPSA) is 52.3 Å². The molecule has 0 aliphatic heterocycles. The van der Waals surface area contributed by atoms with E-state index in [9.17, 15) is 9.18 Å². The van der Waals surface area contributed by atoms with Crippen LogP contribution in [0.2, 0.25) is 0 Å². The monoisotopic (exact) mass is 223 g/mol. The van der Waals surface area contributed by atoms with E-state index in [0.717, 1.165) is 5.56 Å². The number of carbonyl (C=O) groups excluding carboxylic acids is 1. The second kappa shape index (κ2) is 3.87. The third kappa shape index (κ3) is 1.69. The van der Waals surface area contributed by atoms with Crippen molar-refractivity contribution < 1.29 is 13.9 Å².